The maximum Gasteiger partial charge on any atom is 0.325 e. The minimum absolute atomic E-state index is 0.228. The van der Waals surface area contributed by atoms with Crippen LogP contribution in [0.5, 0.6) is 0 Å². The van der Waals surface area contributed by atoms with Crippen LogP contribution in [0.2, 0.25) is 0 Å². The Morgan fingerprint density at radius 2 is 1.96 bits per heavy atom. The molecule has 7 heteroatoms. The van der Waals surface area contributed by atoms with Crippen molar-refractivity contribution in [3.8, 4) is 6.07 Å². The molecule has 1 heterocycles. The fraction of sp³-hybridized carbons (Fsp3) is 0.412. The Kier molecular flexibility index (Phi) is 4.88. The molecule has 2 N–H and O–H groups in total. The van der Waals surface area contributed by atoms with Crippen molar-refractivity contribution in [2.75, 3.05) is 11.9 Å². The zero-order valence-electron chi connectivity index (χ0n) is 13.9. The lowest BCUT2D eigenvalue weighted by atomic mass is 9.91. The van der Waals surface area contributed by atoms with Crippen molar-refractivity contribution in [1.82, 2.24) is 10.2 Å². The topological polar surface area (TPSA) is 102 Å². The van der Waals surface area contributed by atoms with Crippen LogP contribution < -0.4 is 10.6 Å². The zero-order valence-corrected chi connectivity index (χ0v) is 13.9. The Balaban J connectivity index is 2.02. The number of rotatable bonds is 5. The number of urea groups is 1. The quantitative estimate of drug-likeness (QED) is 0.805. The van der Waals surface area contributed by atoms with E-state index in [2.05, 4.69) is 10.6 Å². The van der Waals surface area contributed by atoms with Crippen LogP contribution in [0, 0.1) is 17.2 Å². The molecule has 0 bridgehead atoms. The van der Waals surface area contributed by atoms with Crippen LogP contribution in [0.1, 0.15) is 32.8 Å². The second kappa shape index (κ2) is 6.71. The van der Waals surface area contributed by atoms with E-state index in [4.69, 9.17) is 5.26 Å². The summed E-state index contributed by atoms with van der Waals surface area (Å²) in [7, 11) is 0. The Hall–Kier alpha value is -2.88. The van der Waals surface area contributed by atoms with Gasteiger partial charge in [0.15, 0.2) is 0 Å². The number of anilines is 1. The van der Waals surface area contributed by atoms with Crippen LogP contribution in [-0.2, 0) is 9.59 Å². The standard InChI is InChI=1S/C17H20N4O3/c1-11(2)8-17(3)15(23)21(16(24)20-17)10-14(22)19-13-6-4-12(9-18)5-7-13/h4-7,11H,8,10H2,1-3H3,(H,19,22)(H,20,24)/t17-/m1/s1. The van der Waals surface area contributed by atoms with Crippen LogP contribution in [0.3, 0.4) is 0 Å². The number of hydrogen-bond acceptors (Lipinski definition) is 4. The van der Waals surface area contributed by atoms with Gasteiger partial charge in [0, 0.05) is 5.69 Å². The molecule has 7 nitrogen and oxygen atoms in total. The zero-order chi connectivity index (χ0) is 17.9. The number of amides is 4. The lowest BCUT2D eigenvalue weighted by Crippen LogP contribution is -2.45. The predicted octanol–water partition coefficient (Wildman–Crippen LogP) is 1.85. The van der Waals surface area contributed by atoms with E-state index in [-0.39, 0.29) is 12.5 Å². The maximum absolute atomic E-state index is 12.5. The van der Waals surface area contributed by atoms with Crippen LogP contribution in [0.4, 0.5) is 10.5 Å². The van der Waals surface area contributed by atoms with Crippen molar-refractivity contribution in [1.29, 1.82) is 5.26 Å². The average Bonchev–Trinajstić information content (AvgIpc) is 2.70. The largest absolute Gasteiger partial charge is 0.325 e. The van der Waals surface area contributed by atoms with E-state index in [9.17, 15) is 14.4 Å². The normalized spacial score (nSPS) is 20.0. The molecule has 1 atom stereocenters. The van der Waals surface area contributed by atoms with Gasteiger partial charge < -0.3 is 10.6 Å². The minimum Gasteiger partial charge on any atom is -0.325 e. The molecule has 0 spiro atoms. The number of hydrogen-bond donors (Lipinski definition) is 2. The summed E-state index contributed by atoms with van der Waals surface area (Å²) in [5.41, 5.74) is 0.00233. The van der Waals surface area contributed by atoms with Crippen molar-refractivity contribution in [3.05, 3.63) is 29.8 Å². The van der Waals surface area contributed by atoms with Crippen molar-refractivity contribution < 1.29 is 14.4 Å². The first-order valence-electron chi connectivity index (χ1n) is 7.69. The summed E-state index contributed by atoms with van der Waals surface area (Å²) in [5, 5.41) is 14.0. The van der Waals surface area contributed by atoms with E-state index in [1.165, 1.54) is 0 Å². The number of benzene rings is 1. The number of nitrogens with zero attached hydrogens (tertiary/aromatic N) is 2. The molecule has 126 valence electrons. The van der Waals surface area contributed by atoms with E-state index in [0.717, 1.165) is 4.90 Å². The highest BCUT2D eigenvalue weighted by Gasteiger charge is 2.48. The van der Waals surface area contributed by atoms with Gasteiger partial charge in [-0.2, -0.15) is 5.26 Å². The van der Waals surface area contributed by atoms with Crippen molar-refractivity contribution in [2.45, 2.75) is 32.7 Å². The predicted molar refractivity (Wildman–Crippen MR) is 87.9 cm³/mol. The first-order chi connectivity index (χ1) is 11.2. The molecule has 1 saturated heterocycles. The molecule has 1 fully saturated rings. The molecule has 0 radical (unpaired) electrons. The van der Waals surface area contributed by atoms with Gasteiger partial charge in [-0.3, -0.25) is 14.5 Å². The number of carbonyl (C=O) groups is 3. The second-order valence-corrected chi connectivity index (χ2v) is 6.49. The van der Waals surface area contributed by atoms with Gasteiger partial charge in [-0.05, 0) is 43.5 Å². The van der Waals surface area contributed by atoms with Crippen LogP contribution in [0.25, 0.3) is 0 Å². The highest BCUT2D eigenvalue weighted by molar-refractivity contribution is 6.09. The smallest absolute Gasteiger partial charge is 0.325 e. The Bertz CT molecular complexity index is 706. The molecule has 4 amide bonds. The molecule has 0 saturated carbocycles. The summed E-state index contributed by atoms with van der Waals surface area (Å²) in [4.78, 5) is 37.5. The highest BCUT2D eigenvalue weighted by atomic mass is 16.2. The van der Waals surface area contributed by atoms with Gasteiger partial charge in [-0.1, -0.05) is 13.8 Å². The fourth-order valence-electron chi connectivity index (χ4n) is 2.82. The summed E-state index contributed by atoms with van der Waals surface area (Å²) in [6.07, 6.45) is 0.505. The molecule has 24 heavy (non-hydrogen) atoms. The minimum atomic E-state index is -0.972. The number of imide groups is 1. The van der Waals surface area contributed by atoms with Crippen molar-refractivity contribution in [2.24, 2.45) is 5.92 Å². The number of nitriles is 1. The van der Waals surface area contributed by atoms with E-state index < -0.39 is 23.4 Å². The summed E-state index contributed by atoms with van der Waals surface area (Å²) >= 11 is 0. The van der Waals surface area contributed by atoms with Gasteiger partial charge in [-0.15, -0.1) is 0 Å². The average molecular weight is 328 g/mol. The molecule has 2 rings (SSSR count). The van der Waals surface area contributed by atoms with E-state index in [1.807, 2.05) is 19.9 Å². The number of carbonyl (C=O) groups excluding carboxylic acids is 3. The van der Waals surface area contributed by atoms with Gasteiger partial charge in [0.1, 0.15) is 12.1 Å². The molecule has 1 aromatic rings. The molecular formula is C17H20N4O3. The van der Waals surface area contributed by atoms with E-state index >= 15 is 0 Å². The second-order valence-electron chi connectivity index (χ2n) is 6.49. The first kappa shape index (κ1) is 17.5. The van der Waals surface area contributed by atoms with E-state index in [1.54, 1.807) is 31.2 Å². The Morgan fingerprint density at radius 1 is 1.33 bits per heavy atom. The highest BCUT2D eigenvalue weighted by Crippen LogP contribution is 2.24. The molecule has 1 aromatic carbocycles. The molecule has 0 aliphatic carbocycles. The van der Waals surface area contributed by atoms with Crippen LogP contribution in [0.15, 0.2) is 24.3 Å². The molecule has 1 aliphatic rings. The third-order valence-electron chi connectivity index (χ3n) is 3.76. The maximum atomic E-state index is 12.5. The van der Waals surface area contributed by atoms with Crippen LogP contribution >= 0.6 is 0 Å². The summed E-state index contributed by atoms with van der Waals surface area (Å²) < 4.78 is 0. The molecule has 0 aromatic heterocycles. The lowest BCUT2D eigenvalue weighted by molar-refractivity contribution is -0.133. The van der Waals surface area contributed by atoms with Gasteiger partial charge in [0.05, 0.1) is 11.6 Å². The van der Waals surface area contributed by atoms with Gasteiger partial charge in [-0.25, -0.2) is 4.79 Å². The third-order valence-corrected chi connectivity index (χ3v) is 3.76. The van der Waals surface area contributed by atoms with Crippen molar-refractivity contribution in [3.63, 3.8) is 0 Å². The molecule has 1 aliphatic heterocycles. The van der Waals surface area contributed by atoms with Gasteiger partial charge in [0.25, 0.3) is 5.91 Å². The fourth-order valence-corrected chi connectivity index (χ4v) is 2.82. The molecular weight excluding hydrogens is 308 g/mol. The number of nitrogens with one attached hydrogen (secondary N) is 2. The SMILES string of the molecule is CC(C)C[C@@]1(C)NC(=O)N(CC(=O)Nc2ccc(C#N)cc2)C1=O. The summed E-state index contributed by atoms with van der Waals surface area (Å²) in [6.45, 7) is 5.25. The van der Waals surface area contributed by atoms with Gasteiger partial charge in [0.2, 0.25) is 5.91 Å². The van der Waals surface area contributed by atoms with Gasteiger partial charge >= 0.3 is 6.03 Å². The monoisotopic (exact) mass is 328 g/mol. The summed E-state index contributed by atoms with van der Waals surface area (Å²) in [5.74, 6) is -0.639. The van der Waals surface area contributed by atoms with Crippen molar-refractivity contribution >= 4 is 23.5 Å². The molecule has 0 unspecified atom stereocenters. The van der Waals surface area contributed by atoms with Crippen LogP contribution in [-0.4, -0.2) is 34.8 Å². The Morgan fingerprint density at radius 3 is 2.50 bits per heavy atom. The van der Waals surface area contributed by atoms with E-state index in [0.29, 0.717) is 17.7 Å². The Labute approximate surface area is 140 Å². The summed E-state index contributed by atoms with van der Waals surface area (Å²) in [6, 6.07) is 7.75. The third kappa shape index (κ3) is 3.71. The first-order valence-corrected chi connectivity index (χ1v) is 7.69. The lowest BCUT2D eigenvalue weighted by Gasteiger charge is -2.23.